The highest BCUT2D eigenvalue weighted by atomic mass is 35.5. The van der Waals surface area contributed by atoms with Crippen LogP contribution in [0.1, 0.15) is 18.5 Å². The van der Waals surface area contributed by atoms with E-state index in [1.807, 2.05) is 12.3 Å². The molecule has 1 aromatic rings. The van der Waals surface area contributed by atoms with Gasteiger partial charge in [-0.2, -0.15) is 5.10 Å². The molecule has 1 aromatic heterocycles. The van der Waals surface area contributed by atoms with E-state index in [9.17, 15) is 0 Å². The van der Waals surface area contributed by atoms with E-state index < -0.39 is 0 Å². The average Bonchev–Trinajstić information content (AvgIpc) is 2.88. The molecule has 3 unspecified atom stereocenters. The third-order valence-electron chi connectivity index (χ3n) is 3.94. The Morgan fingerprint density at radius 3 is 3.00 bits per heavy atom. The zero-order chi connectivity index (χ0) is 10.3. The number of H-pyrrole nitrogens is 1. The van der Waals surface area contributed by atoms with Crippen molar-refractivity contribution >= 4 is 12.4 Å². The minimum absolute atomic E-state index is 0. The van der Waals surface area contributed by atoms with Crippen LogP contribution >= 0.6 is 12.4 Å². The number of likely N-dealkylation sites (tertiary alicyclic amines) is 1. The topological polar surface area (TPSA) is 57.9 Å². The van der Waals surface area contributed by atoms with Crippen molar-refractivity contribution in [1.29, 1.82) is 0 Å². The Balaban J connectivity index is 0.000000963. The zero-order valence-corrected chi connectivity index (χ0v) is 10.1. The number of nitrogens with one attached hydrogen (secondary N) is 1. The van der Waals surface area contributed by atoms with E-state index in [1.54, 1.807) is 0 Å². The van der Waals surface area contributed by atoms with Crippen molar-refractivity contribution in [3.8, 4) is 0 Å². The summed E-state index contributed by atoms with van der Waals surface area (Å²) in [5.41, 5.74) is 7.32. The molecule has 5 heteroatoms. The number of hydrogen-bond donors (Lipinski definition) is 2. The molecular formula is C11H19ClN4. The smallest absolute Gasteiger partial charge is 0.0492 e. The van der Waals surface area contributed by atoms with Gasteiger partial charge in [-0.1, -0.05) is 0 Å². The van der Waals surface area contributed by atoms with Gasteiger partial charge in [0, 0.05) is 37.6 Å². The molecule has 3 rings (SSSR count). The molecule has 0 spiro atoms. The van der Waals surface area contributed by atoms with Gasteiger partial charge >= 0.3 is 0 Å². The molecule has 0 bridgehead atoms. The van der Waals surface area contributed by atoms with Crippen LogP contribution in [0, 0.1) is 11.8 Å². The first-order chi connectivity index (χ1) is 7.33. The van der Waals surface area contributed by atoms with Gasteiger partial charge in [0.05, 0.1) is 0 Å². The summed E-state index contributed by atoms with van der Waals surface area (Å²) in [7, 11) is 0. The molecule has 3 N–H and O–H groups in total. The van der Waals surface area contributed by atoms with Gasteiger partial charge in [-0.15, -0.1) is 12.4 Å². The van der Waals surface area contributed by atoms with E-state index in [0.717, 1.165) is 18.4 Å². The van der Waals surface area contributed by atoms with Gasteiger partial charge in [0.25, 0.3) is 0 Å². The standard InChI is InChI=1S/C11H18N4.ClH/c12-11-2-1-8-5-15(7-10(8)11)6-9-3-4-13-14-9;/h3-4,8,10-11H,1-2,5-7,12H2,(H,13,14);1H. The lowest BCUT2D eigenvalue weighted by Gasteiger charge is -2.17. The maximum Gasteiger partial charge on any atom is 0.0492 e. The first-order valence-corrected chi connectivity index (χ1v) is 5.79. The second kappa shape index (κ2) is 4.73. The summed E-state index contributed by atoms with van der Waals surface area (Å²) in [6, 6.07) is 2.50. The van der Waals surface area contributed by atoms with E-state index in [4.69, 9.17) is 5.73 Å². The largest absolute Gasteiger partial charge is 0.327 e. The van der Waals surface area contributed by atoms with Gasteiger partial charge in [-0.25, -0.2) is 0 Å². The van der Waals surface area contributed by atoms with E-state index in [2.05, 4.69) is 15.1 Å². The lowest BCUT2D eigenvalue weighted by atomic mass is 9.98. The summed E-state index contributed by atoms with van der Waals surface area (Å²) < 4.78 is 0. The SMILES string of the molecule is Cl.NC1CCC2CN(Cc3ccn[nH]3)CC12. The number of nitrogens with two attached hydrogens (primary N) is 1. The zero-order valence-electron chi connectivity index (χ0n) is 9.30. The fourth-order valence-corrected chi connectivity index (χ4v) is 3.14. The number of nitrogens with zero attached hydrogens (tertiary/aromatic N) is 2. The molecule has 2 aliphatic rings. The van der Waals surface area contributed by atoms with Crippen molar-refractivity contribution < 1.29 is 0 Å². The lowest BCUT2D eigenvalue weighted by molar-refractivity contribution is 0.294. The minimum atomic E-state index is 0. The monoisotopic (exact) mass is 242 g/mol. The van der Waals surface area contributed by atoms with Crippen molar-refractivity contribution in [2.45, 2.75) is 25.4 Å². The van der Waals surface area contributed by atoms with Crippen LogP contribution in [0.5, 0.6) is 0 Å². The van der Waals surface area contributed by atoms with Crippen LogP contribution in [0.4, 0.5) is 0 Å². The van der Waals surface area contributed by atoms with Crippen molar-refractivity contribution in [2.75, 3.05) is 13.1 Å². The predicted octanol–water partition coefficient (Wildman–Crippen LogP) is 1.00. The second-order valence-corrected chi connectivity index (χ2v) is 4.94. The molecule has 1 saturated carbocycles. The molecule has 1 aliphatic carbocycles. The Hall–Kier alpha value is -0.580. The summed E-state index contributed by atoms with van der Waals surface area (Å²) in [5, 5.41) is 6.99. The third-order valence-corrected chi connectivity index (χ3v) is 3.94. The normalized spacial score (nSPS) is 33.7. The molecule has 16 heavy (non-hydrogen) atoms. The fourth-order valence-electron chi connectivity index (χ4n) is 3.14. The maximum atomic E-state index is 6.11. The Bertz CT molecular complexity index is 327. The van der Waals surface area contributed by atoms with Gasteiger partial charge in [-0.3, -0.25) is 10.00 Å². The van der Waals surface area contributed by atoms with Crippen LogP contribution in [-0.4, -0.2) is 34.2 Å². The molecule has 3 atom stereocenters. The van der Waals surface area contributed by atoms with Crippen LogP contribution in [-0.2, 0) is 6.54 Å². The summed E-state index contributed by atoms with van der Waals surface area (Å²) in [6.45, 7) is 3.39. The van der Waals surface area contributed by atoms with Crippen molar-refractivity contribution in [1.82, 2.24) is 15.1 Å². The van der Waals surface area contributed by atoms with Crippen molar-refractivity contribution in [3.63, 3.8) is 0 Å². The Morgan fingerprint density at radius 2 is 2.31 bits per heavy atom. The minimum Gasteiger partial charge on any atom is -0.327 e. The number of halogens is 1. The fraction of sp³-hybridized carbons (Fsp3) is 0.727. The van der Waals surface area contributed by atoms with Gasteiger partial charge in [-0.05, 0) is 30.7 Å². The Kier molecular flexibility index (Phi) is 3.52. The van der Waals surface area contributed by atoms with Gasteiger partial charge < -0.3 is 5.73 Å². The quantitative estimate of drug-likeness (QED) is 0.814. The molecule has 0 amide bonds. The molecule has 1 saturated heterocycles. The summed E-state index contributed by atoms with van der Waals surface area (Å²) in [5.74, 6) is 1.59. The van der Waals surface area contributed by atoms with Crippen LogP contribution in [0.3, 0.4) is 0 Å². The van der Waals surface area contributed by atoms with Crippen LogP contribution < -0.4 is 5.73 Å². The highest BCUT2D eigenvalue weighted by Gasteiger charge is 2.40. The van der Waals surface area contributed by atoms with Crippen LogP contribution in [0.2, 0.25) is 0 Å². The molecule has 2 fully saturated rings. The summed E-state index contributed by atoms with van der Waals surface area (Å²) in [4.78, 5) is 2.50. The highest BCUT2D eigenvalue weighted by molar-refractivity contribution is 5.85. The van der Waals surface area contributed by atoms with E-state index >= 15 is 0 Å². The molecule has 0 radical (unpaired) electrons. The number of hydrogen-bond acceptors (Lipinski definition) is 3. The second-order valence-electron chi connectivity index (χ2n) is 4.94. The number of rotatable bonds is 2. The van der Waals surface area contributed by atoms with Crippen LogP contribution in [0.25, 0.3) is 0 Å². The number of aromatic amines is 1. The molecule has 90 valence electrons. The number of fused-ring (bicyclic) bond motifs is 1. The van der Waals surface area contributed by atoms with Gasteiger partial charge in [0.15, 0.2) is 0 Å². The number of aromatic nitrogens is 2. The van der Waals surface area contributed by atoms with E-state index in [0.29, 0.717) is 6.04 Å². The van der Waals surface area contributed by atoms with Gasteiger partial charge in [0.2, 0.25) is 0 Å². The Morgan fingerprint density at radius 1 is 1.44 bits per heavy atom. The molecule has 2 heterocycles. The van der Waals surface area contributed by atoms with Gasteiger partial charge in [0.1, 0.15) is 0 Å². The maximum absolute atomic E-state index is 6.11. The van der Waals surface area contributed by atoms with Crippen LogP contribution in [0.15, 0.2) is 12.3 Å². The predicted molar refractivity (Wildman–Crippen MR) is 65.3 cm³/mol. The van der Waals surface area contributed by atoms with Crippen molar-refractivity contribution in [2.24, 2.45) is 17.6 Å². The summed E-state index contributed by atoms with van der Waals surface area (Å²) in [6.07, 6.45) is 4.37. The molecule has 0 aromatic carbocycles. The van der Waals surface area contributed by atoms with E-state index in [-0.39, 0.29) is 12.4 Å². The lowest BCUT2D eigenvalue weighted by Crippen LogP contribution is -2.30. The third kappa shape index (κ3) is 2.10. The molecule has 4 nitrogen and oxygen atoms in total. The first kappa shape index (κ1) is 11.9. The average molecular weight is 243 g/mol. The molecular weight excluding hydrogens is 224 g/mol. The first-order valence-electron chi connectivity index (χ1n) is 5.79. The highest BCUT2D eigenvalue weighted by Crippen LogP contribution is 2.37. The van der Waals surface area contributed by atoms with E-state index in [1.165, 1.54) is 31.6 Å². The van der Waals surface area contributed by atoms with Crippen molar-refractivity contribution in [3.05, 3.63) is 18.0 Å². The Labute approximate surface area is 102 Å². The summed E-state index contributed by atoms with van der Waals surface area (Å²) >= 11 is 0. The molecule has 1 aliphatic heterocycles.